The summed E-state index contributed by atoms with van der Waals surface area (Å²) in [6.07, 6.45) is 1.06. The number of rotatable bonds is 9. The summed E-state index contributed by atoms with van der Waals surface area (Å²) in [5, 5.41) is 8.93. The zero-order valence-electron chi connectivity index (χ0n) is 15.0. The van der Waals surface area contributed by atoms with E-state index in [-0.39, 0.29) is 30.1 Å². The Balaban J connectivity index is 0.00000529. The van der Waals surface area contributed by atoms with E-state index in [0.717, 1.165) is 25.1 Å². The van der Waals surface area contributed by atoms with E-state index in [1.54, 1.807) is 12.1 Å². The average Bonchev–Trinajstić information content (AvgIpc) is 2.52. The predicted octanol–water partition coefficient (Wildman–Crippen LogP) is 2.29. The summed E-state index contributed by atoms with van der Waals surface area (Å²) in [5.41, 5.74) is 1.66. The van der Waals surface area contributed by atoms with Gasteiger partial charge in [0.15, 0.2) is 0 Å². The molecule has 0 saturated carbocycles. The van der Waals surface area contributed by atoms with Crippen molar-refractivity contribution in [1.29, 1.82) is 0 Å². The van der Waals surface area contributed by atoms with Gasteiger partial charge in [0.05, 0.1) is 0 Å². The van der Waals surface area contributed by atoms with Crippen molar-refractivity contribution in [3.05, 3.63) is 35.4 Å². The highest BCUT2D eigenvalue weighted by molar-refractivity contribution is 5.97. The second-order valence-corrected chi connectivity index (χ2v) is 6.10. The molecule has 0 spiro atoms. The maximum Gasteiger partial charge on any atom is 0.251 e. The molecule has 1 unspecified atom stereocenters. The molecular weight excluding hydrogens is 326 g/mol. The molecule has 3 N–H and O–H groups in total. The Bertz CT molecular complexity index is 503. The average molecular weight is 356 g/mol. The Morgan fingerprint density at radius 2 is 1.67 bits per heavy atom. The summed E-state index contributed by atoms with van der Waals surface area (Å²) < 4.78 is 0. The third kappa shape index (κ3) is 7.79. The number of hydrogen-bond acceptors (Lipinski definition) is 3. The summed E-state index contributed by atoms with van der Waals surface area (Å²) in [7, 11) is 0. The Labute approximate surface area is 151 Å². The predicted molar refractivity (Wildman–Crippen MR) is 101 cm³/mol. The molecule has 0 heterocycles. The van der Waals surface area contributed by atoms with Crippen LogP contribution in [-0.2, 0) is 4.79 Å². The molecular formula is C18H30ClN3O2. The zero-order valence-corrected chi connectivity index (χ0v) is 15.8. The lowest BCUT2D eigenvalue weighted by molar-refractivity contribution is -0.123. The molecule has 136 valence electrons. The van der Waals surface area contributed by atoms with Crippen molar-refractivity contribution >= 4 is 24.2 Å². The second-order valence-electron chi connectivity index (χ2n) is 6.10. The highest BCUT2D eigenvalue weighted by atomic mass is 35.5. The van der Waals surface area contributed by atoms with Crippen LogP contribution in [-0.4, -0.2) is 37.5 Å². The van der Waals surface area contributed by atoms with Crippen molar-refractivity contribution < 1.29 is 9.59 Å². The van der Waals surface area contributed by atoms with Gasteiger partial charge < -0.3 is 16.0 Å². The zero-order chi connectivity index (χ0) is 17.2. The third-order valence-electron chi connectivity index (χ3n) is 3.58. The van der Waals surface area contributed by atoms with E-state index in [1.807, 2.05) is 32.9 Å². The van der Waals surface area contributed by atoms with Gasteiger partial charge in [0.2, 0.25) is 5.91 Å². The summed E-state index contributed by atoms with van der Waals surface area (Å²) >= 11 is 0. The number of carbonyl (C=O) groups is 2. The first kappa shape index (κ1) is 22.4. The molecule has 0 aliphatic carbocycles. The van der Waals surface area contributed by atoms with Crippen molar-refractivity contribution in [3.8, 4) is 0 Å². The first-order valence-electron chi connectivity index (χ1n) is 8.31. The number of benzene rings is 1. The third-order valence-corrected chi connectivity index (χ3v) is 3.58. The van der Waals surface area contributed by atoms with E-state index in [4.69, 9.17) is 0 Å². The molecule has 5 nitrogen and oxygen atoms in total. The molecule has 1 aromatic rings. The molecule has 1 atom stereocenters. The van der Waals surface area contributed by atoms with Crippen LogP contribution in [0.2, 0.25) is 0 Å². The van der Waals surface area contributed by atoms with E-state index in [0.29, 0.717) is 12.1 Å². The summed E-state index contributed by atoms with van der Waals surface area (Å²) in [5.74, 6) is -0.338. The summed E-state index contributed by atoms with van der Waals surface area (Å²) in [4.78, 5) is 24.6. The van der Waals surface area contributed by atoms with Gasteiger partial charge in [-0.2, -0.15) is 0 Å². The van der Waals surface area contributed by atoms with Crippen LogP contribution >= 0.6 is 12.4 Å². The van der Waals surface area contributed by atoms with E-state index in [1.165, 1.54) is 0 Å². The molecule has 0 aromatic heterocycles. The second kappa shape index (κ2) is 11.9. The minimum Gasteiger partial charge on any atom is -0.353 e. The lowest BCUT2D eigenvalue weighted by Crippen LogP contribution is -2.50. The Morgan fingerprint density at radius 1 is 1.04 bits per heavy atom. The molecule has 1 aromatic carbocycles. The van der Waals surface area contributed by atoms with Crippen LogP contribution in [0.4, 0.5) is 0 Å². The van der Waals surface area contributed by atoms with Gasteiger partial charge >= 0.3 is 0 Å². The highest BCUT2D eigenvalue weighted by Crippen LogP contribution is 2.06. The molecule has 0 aliphatic heterocycles. The van der Waals surface area contributed by atoms with E-state index in [9.17, 15) is 9.59 Å². The number of halogens is 1. The maximum absolute atomic E-state index is 12.3. The Hall–Kier alpha value is -1.59. The van der Waals surface area contributed by atoms with Gasteiger partial charge in [-0.1, -0.05) is 38.5 Å². The molecule has 24 heavy (non-hydrogen) atoms. The van der Waals surface area contributed by atoms with Gasteiger partial charge in [-0.15, -0.1) is 12.4 Å². The Morgan fingerprint density at radius 3 is 2.21 bits per heavy atom. The van der Waals surface area contributed by atoms with E-state index in [2.05, 4.69) is 22.9 Å². The Kier molecular flexibility index (Phi) is 11.1. The molecule has 1 rings (SSSR count). The number of amides is 2. The largest absolute Gasteiger partial charge is 0.353 e. The first-order chi connectivity index (χ1) is 11.0. The smallest absolute Gasteiger partial charge is 0.251 e. The van der Waals surface area contributed by atoms with Crippen LogP contribution in [0, 0.1) is 12.8 Å². The van der Waals surface area contributed by atoms with E-state index < -0.39 is 6.04 Å². The fourth-order valence-electron chi connectivity index (χ4n) is 2.15. The van der Waals surface area contributed by atoms with Crippen LogP contribution < -0.4 is 16.0 Å². The van der Waals surface area contributed by atoms with Gasteiger partial charge in [-0.3, -0.25) is 9.59 Å². The molecule has 6 heteroatoms. The number of aryl methyl sites for hydroxylation is 1. The molecule has 0 aliphatic rings. The first-order valence-corrected chi connectivity index (χ1v) is 8.31. The van der Waals surface area contributed by atoms with Crippen molar-refractivity contribution in [2.75, 3.05) is 19.6 Å². The van der Waals surface area contributed by atoms with Crippen molar-refractivity contribution in [1.82, 2.24) is 16.0 Å². The lowest BCUT2D eigenvalue weighted by Gasteiger charge is -2.22. The highest BCUT2D eigenvalue weighted by Gasteiger charge is 2.24. The number of hydrogen-bond donors (Lipinski definition) is 3. The minimum atomic E-state index is -0.532. The standard InChI is InChI=1S/C18H29N3O2.ClH/c1-5-10-19-11-12-20-18(23)16(13(2)3)21-17(22)15-8-6-14(4)7-9-15;/h6-9,13,16,19H,5,10-12H2,1-4H3,(H,20,23)(H,21,22);1H. The fraction of sp³-hybridized carbons (Fsp3) is 0.556. The summed E-state index contributed by atoms with van der Waals surface area (Å²) in [6, 6.07) is 6.79. The van der Waals surface area contributed by atoms with Gasteiger partial charge in [0, 0.05) is 18.7 Å². The molecule has 0 bridgehead atoms. The van der Waals surface area contributed by atoms with Crippen LogP contribution in [0.1, 0.15) is 43.1 Å². The van der Waals surface area contributed by atoms with Crippen LogP contribution in [0.15, 0.2) is 24.3 Å². The fourth-order valence-corrected chi connectivity index (χ4v) is 2.15. The summed E-state index contributed by atoms with van der Waals surface area (Å²) in [6.45, 7) is 10.1. The van der Waals surface area contributed by atoms with Gasteiger partial charge in [-0.05, 0) is 37.9 Å². The van der Waals surface area contributed by atoms with Crippen LogP contribution in [0.5, 0.6) is 0 Å². The topological polar surface area (TPSA) is 70.2 Å². The van der Waals surface area contributed by atoms with Crippen molar-refractivity contribution in [3.63, 3.8) is 0 Å². The number of nitrogens with one attached hydrogen (secondary N) is 3. The van der Waals surface area contributed by atoms with Gasteiger partial charge in [0.25, 0.3) is 5.91 Å². The van der Waals surface area contributed by atoms with Crippen LogP contribution in [0.3, 0.4) is 0 Å². The van der Waals surface area contributed by atoms with E-state index >= 15 is 0 Å². The molecule has 2 amide bonds. The van der Waals surface area contributed by atoms with Crippen LogP contribution in [0.25, 0.3) is 0 Å². The van der Waals surface area contributed by atoms with Gasteiger partial charge in [0.1, 0.15) is 6.04 Å². The lowest BCUT2D eigenvalue weighted by atomic mass is 10.0. The monoisotopic (exact) mass is 355 g/mol. The molecule has 0 fully saturated rings. The molecule has 0 radical (unpaired) electrons. The SMILES string of the molecule is CCCNCCNC(=O)C(NC(=O)c1ccc(C)cc1)C(C)C.Cl. The normalized spacial score (nSPS) is 11.5. The molecule has 0 saturated heterocycles. The van der Waals surface area contributed by atoms with Crippen molar-refractivity contribution in [2.24, 2.45) is 5.92 Å². The van der Waals surface area contributed by atoms with Crippen molar-refractivity contribution in [2.45, 2.75) is 40.2 Å². The quantitative estimate of drug-likeness (QED) is 0.595. The number of carbonyl (C=O) groups excluding carboxylic acids is 2. The minimum absolute atomic E-state index is 0. The maximum atomic E-state index is 12.3. The van der Waals surface area contributed by atoms with Gasteiger partial charge in [-0.25, -0.2) is 0 Å².